The molecule has 0 aliphatic carbocycles. The van der Waals surface area contributed by atoms with E-state index in [0.29, 0.717) is 38.1 Å². The lowest BCUT2D eigenvalue weighted by molar-refractivity contribution is -0.143. The van der Waals surface area contributed by atoms with Gasteiger partial charge in [0.15, 0.2) is 0 Å². The molecule has 0 fully saturated rings. The monoisotopic (exact) mass is 729 g/mol. The predicted octanol–water partition coefficient (Wildman–Crippen LogP) is 8.37. The van der Waals surface area contributed by atoms with Crippen LogP contribution in [0.3, 0.4) is 0 Å². The van der Waals surface area contributed by atoms with Gasteiger partial charge in [-0.2, -0.15) is 0 Å². The Hall–Kier alpha value is -3.32. The van der Waals surface area contributed by atoms with Crippen molar-refractivity contribution in [1.82, 2.24) is 19.6 Å². The molecule has 0 aromatic rings. The first kappa shape index (κ1) is 81.0. The largest absolute Gasteiger partial charge is 0.446 e. The van der Waals surface area contributed by atoms with Crippen LogP contribution in [-0.2, 0) is 38.1 Å². The van der Waals surface area contributed by atoms with E-state index in [1.165, 1.54) is 0 Å². The minimum absolute atomic E-state index is 0. The molecule has 308 valence electrons. The first-order chi connectivity index (χ1) is 19.6. The number of hydrogen-bond donors (Lipinski definition) is 0. The van der Waals surface area contributed by atoms with E-state index in [0.717, 1.165) is 38.3 Å². The fraction of sp³-hybridized carbons (Fsp3) is 0.684. The molecular formula is C38H88N4O8. The molecule has 0 aliphatic rings. The third-order valence-corrected chi connectivity index (χ3v) is 4.88. The molecule has 0 amide bonds. The third-order valence-electron chi connectivity index (χ3n) is 4.88. The standard InChI is InChI=1S/2C8H15NO2.2C7H13NO2.8CH4/c2*1-5-9(4)6-11-8(10)7(2)3;2*1-4-7(9)10-6-8(3)5-2;;;;;;;;/h2*2,5-6H2,1,3-4H3;2*4H,1,5-6H2,2-3H3;8*1H4. The summed E-state index contributed by atoms with van der Waals surface area (Å²) in [4.78, 5) is 50.1. The van der Waals surface area contributed by atoms with E-state index in [4.69, 9.17) is 18.9 Å². The average Bonchev–Trinajstić information content (AvgIpc) is 2.99. The van der Waals surface area contributed by atoms with E-state index in [1.54, 1.807) is 13.8 Å². The van der Waals surface area contributed by atoms with Crippen molar-refractivity contribution in [2.75, 3.05) is 81.3 Å². The lowest BCUT2D eigenvalue weighted by Crippen LogP contribution is -2.23. The predicted molar refractivity (Wildman–Crippen MR) is 221 cm³/mol. The Morgan fingerprint density at radius 1 is 0.460 bits per heavy atom. The van der Waals surface area contributed by atoms with E-state index in [1.807, 2.05) is 75.5 Å². The third kappa shape index (κ3) is 63.4. The maximum atomic E-state index is 10.8. The number of rotatable bonds is 16. The van der Waals surface area contributed by atoms with E-state index in [2.05, 4.69) is 26.3 Å². The Labute approximate surface area is 313 Å². The molecule has 0 saturated carbocycles. The van der Waals surface area contributed by atoms with E-state index < -0.39 is 0 Å². The number of nitrogens with zero attached hydrogens (tertiary/aromatic N) is 4. The van der Waals surface area contributed by atoms with Crippen LogP contribution in [0, 0.1) is 0 Å². The second-order valence-electron chi connectivity index (χ2n) is 8.96. The summed E-state index contributed by atoms with van der Waals surface area (Å²) in [6.07, 6.45) is 2.31. The first-order valence-corrected chi connectivity index (χ1v) is 13.5. The molecule has 0 rings (SSSR count). The van der Waals surface area contributed by atoms with Gasteiger partial charge in [-0.3, -0.25) is 19.6 Å². The van der Waals surface area contributed by atoms with Crippen molar-refractivity contribution in [3.05, 3.63) is 49.6 Å². The molecule has 12 heteroatoms. The molecule has 0 heterocycles. The van der Waals surface area contributed by atoms with Gasteiger partial charge in [-0.05, 0) is 68.2 Å². The van der Waals surface area contributed by atoms with Crippen LogP contribution in [0.1, 0.15) is 101 Å². The van der Waals surface area contributed by atoms with Gasteiger partial charge in [0.25, 0.3) is 0 Å². The van der Waals surface area contributed by atoms with Crippen molar-refractivity contribution < 1.29 is 38.1 Å². The normalized spacial score (nSPS) is 8.12. The Bertz CT molecular complexity index is 755. The molecule has 0 atom stereocenters. The van der Waals surface area contributed by atoms with Gasteiger partial charge in [0, 0.05) is 23.3 Å². The molecule has 0 spiro atoms. The summed E-state index contributed by atoms with van der Waals surface area (Å²) < 4.78 is 19.1. The molecule has 0 N–H and O–H groups in total. The summed E-state index contributed by atoms with van der Waals surface area (Å²) in [5.41, 5.74) is 0.879. The Balaban J connectivity index is -0.0000000366. The van der Waals surface area contributed by atoms with Gasteiger partial charge in [0.2, 0.25) is 0 Å². The van der Waals surface area contributed by atoms with Crippen LogP contribution in [-0.4, -0.2) is 125 Å². The van der Waals surface area contributed by atoms with Crippen molar-refractivity contribution in [2.45, 2.75) is 101 Å². The molecule has 0 radical (unpaired) electrons. The highest BCUT2D eigenvalue weighted by Crippen LogP contribution is 1.93. The van der Waals surface area contributed by atoms with Crippen LogP contribution in [0.5, 0.6) is 0 Å². The molecule has 0 aliphatic heterocycles. The Morgan fingerprint density at radius 3 is 0.780 bits per heavy atom. The van der Waals surface area contributed by atoms with Crippen LogP contribution in [0.4, 0.5) is 0 Å². The van der Waals surface area contributed by atoms with Crippen molar-refractivity contribution in [1.29, 1.82) is 0 Å². The van der Waals surface area contributed by atoms with E-state index >= 15 is 0 Å². The Kier molecular flexibility index (Phi) is 89.3. The maximum Gasteiger partial charge on any atom is 0.334 e. The summed E-state index contributed by atoms with van der Waals surface area (Å²) in [5, 5.41) is 0. The molecule has 0 bridgehead atoms. The smallest absolute Gasteiger partial charge is 0.334 e. The quantitative estimate of drug-likeness (QED) is 0.0658. The molecule has 0 aromatic heterocycles. The highest BCUT2D eigenvalue weighted by molar-refractivity contribution is 5.87. The second-order valence-corrected chi connectivity index (χ2v) is 8.96. The van der Waals surface area contributed by atoms with Crippen LogP contribution in [0.2, 0.25) is 0 Å². The summed E-state index contributed by atoms with van der Waals surface area (Å²) >= 11 is 0. The van der Waals surface area contributed by atoms with Gasteiger partial charge in [-0.1, -0.05) is 113 Å². The van der Waals surface area contributed by atoms with Crippen molar-refractivity contribution >= 4 is 23.9 Å². The zero-order chi connectivity index (χ0) is 33.7. The molecular weight excluding hydrogens is 640 g/mol. The van der Waals surface area contributed by atoms with Crippen molar-refractivity contribution in [2.24, 2.45) is 0 Å². The lowest BCUT2D eigenvalue weighted by atomic mass is 10.4. The zero-order valence-corrected chi connectivity index (χ0v) is 27.7. The highest BCUT2D eigenvalue weighted by Gasteiger charge is 2.04. The Morgan fingerprint density at radius 2 is 0.640 bits per heavy atom. The topological polar surface area (TPSA) is 118 Å². The summed E-state index contributed by atoms with van der Waals surface area (Å²) in [6.45, 7) is 29.5. The summed E-state index contributed by atoms with van der Waals surface area (Å²) in [6, 6.07) is 0. The van der Waals surface area contributed by atoms with Gasteiger partial charge in [0.05, 0.1) is 0 Å². The average molecular weight is 729 g/mol. The SMILES string of the molecule is C.C.C.C.C.C.C.C.C=C(C)C(=O)OCN(C)CC.C=C(C)C(=O)OCN(C)CC.C=CC(=O)OCN(C)CC.C=CC(=O)OCN(C)CC. The number of hydrogen-bond acceptors (Lipinski definition) is 12. The molecule has 0 unspecified atom stereocenters. The number of esters is 4. The van der Waals surface area contributed by atoms with Crippen molar-refractivity contribution in [3.8, 4) is 0 Å². The van der Waals surface area contributed by atoms with Crippen LogP contribution in [0.15, 0.2) is 49.6 Å². The van der Waals surface area contributed by atoms with E-state index in [-0.39, 0.29) is 83.3 Å². The van der Waals surface area contributed by atoms with Crippen LogP contribution in [0.25, 0.3) is 0 Å². The number of ether oxygens (including phenoxy) is 4. The fourth-order valence-corrected chi connectivity index (χ4v) is 1.41. The number of carbonyl (C=O) groups is 4. The fourth-order valence-electron chi connectivity index (χ4n) is 1.41. The highest BCUT2D eigenvalue weighted by atomic mass is 16.6. The van der Waals surface area contributed by atoms with Gasteiger partial charge >= 0.3 is 23.9 Å². The summed E-state index contributed by atoms with van der Waals surface area (Å²) in [7, 11) is 7.50. The molecule has 50 heavy (non-hydrogen) atoms. The number of carbonyl (C=O) groups excluding carboxylic acids is 4. The maximum absolute atomic E-state index is 10.8. The molecule has 12 nitrogen and oxygen atoms in total. The van der Waals surface area contributed by atoms with Gasteiger partial charge in [-0.15, -0.1) is 0 Å². The van der Waals surface area contributed by atoms with Crippen LogP contribution < -0.4 is 0 Å². The van der Waals surface area contributed by atoms with Gasteiger partial charge < -0.3 is 18.9 Å². The van der Waals surface area contributed by atoms with Crippen LogP contribution >= 0.6 is 0 Å². The van der Waals surface area contributed by atoms with Gasteiger partial charge in [-0.25, -0.2) is 19.2 Å². The van der Waals surface area contributed by atoms with E-state index in [9.17, 15) is 19.2 Å². The minimum atomic E-state index is -0.375. The molecule has 0 aromatic carbocycles. The second kappa shape index (κ2) is 55.1. The first-order valence-electron chi connectivity index (χ1n) is 13.5. The zero-order valence-electron chi connectivity index (χ0n) is 27.7. The minimum Gasteiger partial charge on any atom is -0.446 e. The summed E-state index contributed by atoms with van der Waals surface area (Å²) in [5.74, 6) is -1.41. The molecule has 0 saturated heterocycles. The van der Waals surface area contributed by atoms with Crippen molar-refractivity contribution in [3.63, 3.8) is 0 Å². The lowest BCUT2D eigenvalue weighted by Gasteiger charge is -2.13. The van der Waals surface area contributed by atoms with Gasteiger partial charge in [0.1, 0.15) is 26.9 Å².